The molecule has 1 heterocycles. The van der Waals surface area contributed by atoms with E-state index in [-0.39, 0.29) is 5.41 Å². The number of benzene rings is 1. The van der Waals surface area contributed by atoms with Gasteiger partial charge in [0.15, 0.2) is 5.96 Å². The fourth-order valence-corrected chi connectivity index (χ4v) is 2.91. The van der Waals surface area contributed by atoms with Crippen molar-refractivity contribution in [2.75, 3.05) is 19.6 Å². The molecule has 2 N–H and O–H groups in total. The number of furan rings is 1. The smallest absolute Gasteiger partial charge is 0.191 e. The third-order valence-corrected chi connectivity index (χ3v) is 4.48. The lowest BCUT2D eigenvalue weighted by Crippen LogP contribution is -2.39. The van der Waals surface area contributed by atoms with E-state index < -0.39 is 11.6 Å². The summed E-state index contributed by atoms with van der Waals surface area (Å²) in [7, 11) is 0. The first-order valence-electron chi connectivity index (χ1n) is 8.63. The van der Waals surface area contributed by atoms with Gasteiger partial charge in [0.2, 0.25) is 0 Å². The fraction of sp³-hybridized carbons (Fsp3) is 0.421. The molecular formula is C19H23F2N3O. The molecule has 0 unspecified atom stereocenters. The Labute approximate surface area is 146 Å². The van der Waals surface area contributed by atoms with E-state index in [1.807, 2.05) is 19.1 Å². The van der Waals surface area contributed by atoms with Gasteiger partial charge >= 0.3 is 0 Å². The molecule has 1 aromatic carbocycles. The normalized spacial score (nSPS) is 15.9. The van der Waals surface area contributed by atoms with Crippen LogP contribution in [0.2, 0.25) is 0 Å². The average Bonchev–Trinajstić information content (AvgIpc) is 3.18. The Hall–Kier alpha value is -2.37. The molecule has 0 aliphatic heterocycles. The molecule has 1 aliphatic rings. The Bertz CT molecular complexity index is 724. The second kappa shape index (κ2) is 7.68. The molecule has 0 radical (unpaired) electrons. The van der Waals surface area contributed by atoms with Gasteiger partial charge in [-0.3, -0.25) is 4.99 Å². The summed E-state index contributed by atoms with van der Waals surface area (Å²) in [6, 6.07) is 7.61. The molecule has 1 saturated carbocycles. The maximum atomic E-state index is 14.1. The van der Waals surface area contributed by atoms with Crippen molar-refractivity contribution in [2.24, 2.45) is 4.99 Å². The number of hydrogen-bond donors (Lipinski definition) is 2. The van der Waals surface area contributed by atoms with E-state index in [4.69, 9.17) is 4.42 Å². The van der Waals surface area contributed by atoms with Crippen LogP contribution >= 0.6 is 0 Å². The Kier molecular flexibility index (Phi) is 5.36. The van der Waals surface area contributed by atoms with Gasteiger partial charge in [-0.15, -0.1) is 0 Å². The molecule has 1 aliphatic carbocycles. The van der Waals surface area contributed by atoms with Crippen LogP contribution in [0, 0.1) is 11.6 Å². The molecule has 6 heteroatoms. The molecule has 25 heavy (non-hydrogen) atoms. The van der Waals surface area contributed by atoms with E-state index >= 15 is 0 Å². The summed E-state index contributed by atoms with van der Waals surface area (Å²) in [4.78, 5) is 4.61. The van der Waals surface area contributed by atoms with Crippen LogP contribution in [0.5, 0.6) is 0 Å². The summed E-state index contributed by atoms with van der Waals surface area (Å²) >= 11 is 0. The SMILES string of the molecule is CCNC(=NCC1(c2ccc(F)cc2F)CC1)NCCc1ccco1. The predicted molar refractivity (Wildman–Crippen MR) is 93.7 cm³/mol. The number of rotatable bonds is 7. The summed E-state index contributed by atoms with van der Waals surface area (Å²) in [6.45, 7) is 3.91. The van der Waals surface area contributed by atoms with Crippen molar-refractivity contribution >= 4 is 5.96 Å². The zero-order valence-electron chi connectivity index (χ0n) is 14.3. The third kappa shape index (κ3) is 4.38. The third-order valence-electron chi connectivity index (χ3n) is 4.48. The Morgan fingerprint density at radius 1 is 1.24 bits per heavy atom. The van der Waals surface area contributed by atoms with Crippen molar-refractivity contribution in [3.63, 3.8) is 0 Å². The average molecular weight is 347 g/mol. The molecule has 0 bridgehead atoms. The van der Waals surface area contributed by atoms with E-state index in [0.717, 1.165) is 37.6 Å². The molecule has 134 valence electrons. The van der Waals surface area contributed by atoms with Crippen molar-refractivity contribution in [3.05, 3.63) is 59.6 Å². The lowest BCUT2D eigenvalue weighted by Gasteiger charge is -2.16. The zero-order chi connectivity index (χ0) is 17.7. The summed E-state index contributed by atoms with van der Waals surface area (Å²) in [5, 5.41) is 6.45. The van der Waals surface area contributed by atoms with Gasteiger partial charge in [0.05, 0.1) is 12.8 Å². The van der Waals surface area contributed by atoms with Gasteiger partial charge in [-0.1, -0.05) is 6.07 Å². The fourth-order valence-electron chi connectivity index (χ4n) is 2.91. The molecule has 1 fully saturated rings. The quantitative estimate of drug-likeness (QED) is 0.596. The van der Waals surface area contributed by atoms with Crippen molar-refractivity contribution in [1.82, 2.24) is 10.6 Å². The summed E-state index contributed by atoms with van der Waals surface area (Å²) in [5.74, 6) is 0.579. The molecule has 0 spiro atoms. The van der Waals surface area contributed by atoms with E-state index in [1.165, 1.54) is 6.07 Å². The monoisotopic (exact) mass is 347 g/mol. The van der Waals surface area contributed by atoms with E-state index in [2.05, 4.69) is 15.6 Å². The van der Waals surface area contributed by atoms with Crippen LogP contribution in [-0.2, 0) is 11.8 Å². The second-order valence-corrected chi connectivity index (χ2v) is 6.36. The van der Waals surface area contributed by atoms with E-state index in [0.29, 0.717) is 24.6 Å². The van der Waals surface area contributed by atoms with E-state index in [1.54, 1.807) is 12.3 Å². The predicted octanol–water partition coefficient (Wildman–Crippen LogP) is 3.39. The highest BCUT2D eigenvalue weighted by molar-refractivity contribution is 5.79. The van der Waals surface area contributed by atoms with Crippen molar-refractivity contribution in [2.45, 2.75) is 31.6 Å². The molecular weight excluding hydrogens is 324 g/mol. The van der Waals surface area contributed by atoms with Crippen LogP contribution in [-0.4, -0.2) is 25.6 Å². The highest BCUT2D eigenvalue weighted by Crippen LogP contribution is 2.49. The van der Waals surface area contributed by atoms with Gasteiger partial charge in [-0.2, -0.15) is 0 Å². The molecule has 3 rings (SSSR count). The topological polar surface area (TPSA) is 49.6 Å². The number of halogens is 2. The number of nitrogens with one attached hydrogen (secondary N) is 2. The number of guanidine groups is 1. The molecule has 4 nitrogen and oxygen atoms in total. The van der Waals surface area contributed by atoms with Crippen molar-refractivity contribution in [3.8, 4) is 0 Å². The van der Waals surface area contributed by atoms with Gasteiger partial charge in [0.1, 0.15) is 17.4 Å². The van der Waals surface area contributed by atoms with Crippen LogP contribution in [0.15, 0.2) is 46.0 Å². The van der Waals surface area contributed by atoms with Crippen LogP contribution in [0.3, 0.4) is 0 Å². The van der Waals surface area contributed by atoms with Crippen LogP contribution in [0.25, 0.3) is 0 Å². The molecule has 0 atom stereocenters. The van der Waals surface area contributed by atoms with Crippen molar-refractivity contribution in [1.29, 1.82) is 0 Å². The minimum atomic E-state index is -0.548. The Balaban J connectivity index is 1.62. The minimum Gasteiger partial charge on any atom is -0.469 e. The first-order valence-corrected chi connectivity index (χ1v) is 8.63. The van der Waals surface area contributed by atoms with Gasteiger partial charge in [-0.05, 0) is 43.5 Å². The van der Waals surface area contributed by atoms with Gasteiger partial charge in [0.25, 0.3) is 0 Å². The van der Waals surface area contributed by atoms with Crippen LogP contribution in [0.1, 0.15) is 31.1 Å². The maximum absolute atomic E-state index is 14.1. The lowest BCUT2D eigenvalue weighted by atomic mass is 9.95. The van der Waals surface area contributed by atoms with Gasteiger partial charge in [-0.25, -0.2) is 8.78 Å². The molecule has 2 aromatic rings. The number of hydrogen-bond acceptors (Lipinski definition) is 2. The van der Waals surface area contributed by atoms with Crippen LogP contribution < -0.4 is 10.6 Å². The van der Waals surface area contributed by atoms with Gasteiger partial charge < -0.3 is 15.1 Å². The standard InChI is InChI=1S/C19H23F2N3O/c1-2-22-18(23-10-7-15-4-3-11-25-15)24-13-19(8-9-19)16-6-5-14(20)12-17(16)21/h3-6,11-12H,2,7-10,13H2,1H3,(H2,22,23,24). The van der Waals surface area contributed by atoms with Crippen molar-refractivity contribution < 1.29 is 13.2 Å². The Morgan fingerprint density at radius 3 is 2.72 bits per heavy atom. The van der Waals surface area contributed by atoms with E-state index in [9.17, 15) is 8.78 Å². The molecule has 0 amide bonds. The highest BCUT2D eigenvalue weighted by atomic mass is 19.1. The summed E-state index contributed by atoms with van der Waals surface area (Å²) in [5.41, 5.74) is 0.255. The maximum Gasteiger partial charge on any atom is 0.191 e. The number of nitrogens with zero attached hydrogens (tertiary/aromatic N) is 1. The van der Waals surface area contributed by atoms with Crippen LogP contribution in [0.4, 0.5) is 8.78 Å². The number of aliphatic imine (C=N–C) groups is 1. The Morgan fingerprint density at radius 2 is 2.08 bits per heavy atom. The molecule has 1 aromatic heterocycles. The zero-order valence-corrected chi connectivity index (χ0v) is 14.3. The first-order chi connectivity index (χ1) is 12.1. The largest absolute Gasteiger partial charge is 0.469 e. The lowest BCUT2D eigenvalue weighted by molar-refractivity contribution is 0.506. The molecule has 0 saturated heterocycles. The highest BCUT2D eigenvalue weighted by Gasteiger charge is 2.46. The first kappa shape index (κ1) is 17.5. The second-order valence-electron chi connectivity index (χ2n) is 6.36. The summed E-state index contributed by atoms with van der Waals surface area (Å²) in [6.07, 6.45) is 4.15. The van der Waals surface area contributed by atoms with Gasteiger partial charge in [0, 0.05) is 31.0 Å². The summed E-state index contributed by atoms with van der Waals surface area (Å²) < 4.78 is 32.5. The minimum absolute atomic E-state index is 0.304.